The lowest BCUT2D eigenvalue weighted by Gasteiger charge is -2.40. The van der Waals surface area contributed by atoms with Crippen LogP contribution in [0.2, 0.25) is 0 Å². The number of pyridine rings is 2. The van der Waals surface area contributed by atoms with Gasteiger partial charge >= 0.3 is 0 Å². The van der Waals surface area contributed by atoms with E-state index in [-0.39, 0.29) is 0 Å². The lowest BCUT2D eigenvalue weighted by molar-refractivity contribution is 0.429. The van der Waals surface area contributed by atoms with Crippen molar-refractivity contribution in [3.8, 4) is 22.3 Å². The van der Waals surface area contributed by atoms with Crippen LogP contribution in [0, 0.1) is 0 Å². The summed E-state index contributed by atoms with van der Waals surface area (Å²) in [4.78, 5) is 16.4. The van der Waals surface area contributed by atoms with Gasteiger partial charge in [-0.05, 0) is 43.7 Å². The number of nitrogens with one attached hydrogen (secondary N) is 1. The largest absolute Gasteiger partial charge is 0.349 e. The van der Waals surface area contributed by atoms with Crippen molar-refractivity contribution < 1.29 is 0 Å². The third kappa shape index (κ3) is 3.41. The van der Waals surface area contributed by atoms with E-state index < -0.39 is 0 Å². The molecule has 33 heavy (non-hydrogen) atoms. The maximum atomic E-state index is 4.78. The van der Waals surface area contributed by atoms with Crippen LogP contribution in [-0.2, 0) is 0 Å². The zero-order valence-corrected chi connectivity index (χ0v) is 18.7. The molecular formula is C26H25N7. The van der Waals surface area contributed by atoms with Crippen molar-refractivity contribution in [1.82, 2.24) is 29.9 Å². The van der Waals surface area contributed by atoms with Crippen LogP contribution in [0.1, 0.15) is 13.8 Å². The van der Waals surface area contributed by atoms with E-state index in [0.717, 1.165) is 57.7 Å². The van der Waals surface area contributed by atoms with Crippen LogP contribution in [0.5, 0.6) is 0 Å². The summed E-state index contributed by atoms with van der Waals surface area (Å²) in [6.07, 6.45) is 9.56. The fraction of sp³-hybridized carbons (Fsp3) is 0.231. The fourth-order valence-electron chi connectivity index (χ4n) is 4.84. The van der Waals surface area contributed by atoms with Crippen molar-refractivity contribution in [2.24, 2.45) is 0 Å². The molecule has 0 bridgehead atoms. The summed E-state index contributed by atoms with van der Waals surface area (Å²) in [7, 11) is 0. The molecule has 6 rings (SSSR count). The first-order valence-corrected chi connectivity index (χ1v) is 11.3. The number of hydrogen-bond donors (Lipinski definition) is 1. The van der Waals surface area contributed by atoms with Crippen LogP contribution in [0.15, 0.2) is 73.4 Å². The molecule has 2 unspecified atom stereocenters. The molecule has 1 saturated heterocycles. The first-order chi connectivity index (χ1) is 16.2. The summed E-state index contributed by atoms with van der Waals surface area (Å²) in [5.41, 5.74) is 5.87. The van der Waals surface area contributed by atoms with Gasteiger partial charge in [0, 0.05) is 72.0 Å². The number of nitrogens with zero attached hydrogens (tertiary/aromatic N) is 6. The van der Waals surface area contributed by atoms with E-state index in [2.05, 4.69) is 52.3 Å². The highest BCUT2D eigenvalue weighted by Gasteiger charge is 2.25. The summed E-state index contributed by atoms with van der Waals surface area (Å²) >= 11 is 0. The Morgan fingerprint density at radius 3 is 2.45 bits per heavy atom. The Kier molecular flexibility index (Phi) is 4.77. The first kappa shape index (κ1) is 19.8. The molecule has 5 aromatic rings. The van der Waals surface area contributed by atoms with Gasteiger partial charge in [0.25, 0.3) is 0 Å². The molecule has 0 spiro atoms. The molecule has 164 valence electrons. The third-order valence-electron chi connectivity index (χ3n) is 6.47. The van der Waals surface area contributed by atoms with Crippen molar-refractivity contribution in [2.45, 2.75) is 25.9 Å². The molecule has 5 heterocycles. The highest BCUT2D eigenvalue weighted by atomic mass is 15.3. The minimum atomic E-state index is 0.414. The van der Waals surface area contributed by atoms with E-state index in [1.54, 1.807) is 0 Å². The maximum absolute atomic E-state index is 4.78. The highest BCUT2D eigenvalue weighted by molar-refractivity contribution is 5.97. The normalized spacial score (nSPS) is 18.8. The SMILES string of the molecule is CC1CNCC(C)N1c1ccc(-c2cnc3c(-c4ccnc5ccccc45)cnn3c2)cn1. The van der Waals surface area contributed by atoms with Gasteiger partial charge in [-0.1, -0.05) is 18.2 Å². The smallest absolute Gasteiger partial charge is 0.162 e. The second-order valence-electron chi connectivity index (χ2n) is 8.71. The van der Waals surface area contributed by atoms with E-state index >= 15 is 0 Å². The average molecular weight is 436 g/mol. The van der Waals surface area contributed by atoms with Gasteiger partial charge in [-0.15, -0.1) is 0 Å². The standard InChI is InChI=1S/C26H25N7/c1-17-11-27-12-18(2)33(17)25-8-7-19(13-29-25)20-14-30-26-23(15-31-32(26)16-20)21-9-10-28-24-6-4-3-5-22(21)24/h3-10,13-18,27H,11-12H2,1-2H3. The molecule has 1 aliphatic rings. The van der Waals surface area contributed by atoms with Crippen LogP contribution >= 0.6 is 0 Å². The van der Waals surface area contributed by atoms with E-state index in [1.165, 1.54) is 0 Å². The molecule has 7 nitrogen and oxygen atoms in total. The molecule has 0 radical (unpaired) electrons. The Bertz CT molecular complexity index is 1430. The van der Waals surface area contributed by atoms with E-state index in [1.807, 2.05) is 59.8 Å². The van der Waals surface area contributed by atoms with Crippen LogP contribution in [0.3, 0.4) is 0 Å². The monoisotopic (exact) mass is 435 g/mol. The van der Waals surface area contributed by atoms with Crippen molar-refractivity contribution in [3.63, 3.8) is 0 Å². The number of anilines is 1. The molecule has 1 fully saturated rings. The number of hydrogen-bond acceptors (Lipinski definition) is 6. The molecule has 1 aromatic carbocycles. The number of para-hydroxylation sites is 1. The molecular weight excluding hydrogens is 410 g/mol. The topological polar surface area (TPSA) is 71.2 Å². The molecule has 1 N–H and O–H groups in total. The third-order valence-corrected chi connectivity index (χ3v) is 6.47. The van der Waals surface area contributed by atoms with Crippen LogP contribution in [0.25, 0.3) is 38.8 Å². The molecule has 0 aliphatic carbocycles. The van der Waals surface area contributed by atoms with E-state index in [0.29, 0.717) is 12.1 Å². The second-order valence-corrected chi connectivity index (χ2v) is 8.71. The molecule has 0 saturated carbocycles. The molecule has 2 atom stereocenters. The Hall–Kier alpha value is -3.84. The zero-order valence-electron chi connectivity index (χ0n) is 18.7. The fourth-order valence-corrected chi connectivity index (χ4v) is 4.84. The number of benzene rings is 1. The molecule has 7 heteroatoms. The van der Waals surface area contributed by atoms with Gasteiger partial charge in [-0.2, -0.15) is 5.10 Å². The van der Waals surface area contributed by atoms with Crippen LogP contribution < -0.4 is 10.2 Å². The summed E-state index contributed by atoms with van der Waals surface area (Å²) in [5.74, 6) is 1.01. The van der Waals surface area contributed by atoms with E-state index in [4.69, 9.17) is 9.97 Å². The molecule has 4 aromatic heterocycles. The molecule has 1 aliphatic heterocycles. The van der Waals surface area contributed by atoms with Gasteiger partial charge in [0.1, 0.15) is 5.82 Å². The van der Waals surface area contributed by atoms with Crippen molar-refractivity contribution in [1.29, 1.82) is 0 Å². The number of rotatable bonds is 3. The van der Waals surface area contributed by atoms with Gasteiger partial charge in [0.2, 0.25) is 0 Å². The summed E-state index contributed by atoms with van der Waals surface area (Å²) in [6.45, 7) is 6.42. The molecule has 0 amide bonds. The average Bonchev–Trinajstić information content (AvgIpc) is 3.27. The lowest BCUT2D eigenvalue weighted by atomic mass is 10.0. The van der Waals surface area contributed by atoms with Gasteiger partial charge in [-0.25, -0.2) is 14.5 Å². The van der Waals surface area contributed by atoms with Gasteiger partial charge in [-0.3, -0.25) is 4.98 Å². The van der Waals surface area contributed by atoms with Gasteiger partial charge in [0.05, 0.1) is 11.7 Å². The number of aromatic nitrogens is 5. The highest BCUT2D eigenvalue weighted by Crippen LogP contribution is 2.31. The van der Waals surface area contributed by atoms with Crippen molar-refractivity contribution in [2.75, 3.05) is 18.0 Å². The first-order valence-electron chi connectivity index (χ1n) is 11.3. The second kappa shape index (κ2) is 7.94. The minimum Gasteiger partial charge on any atom is -0.349 e. The quantitative estimate of drug-likeness (QED) is 0.458. The van der Waals surface area contributed by atoms with E-state index in [9.17, 15) is 0 Å². The predicted molar refractivity (Wildman–Crippen MR) is 131 cm³/mol. The Morgan fingerprint density at radius 1 is 0.818 bits per heavy atom. The minimum absolute atomic E-state index is 0.414. The van der Waals surface area contributed by atoms with Gasteiger partial charge in [0.15, 0.2) is 5.65 Å². The number of piperazine rings is 1. The van der Waals surface area contributed by atoms with Crippen LogP contribution in [0.4, 0.5) is 5.82 Å². The maximum Gasteiger partial charge on any atom is 0.162 e. The number of fused-ring (bicyclic) bond motifs is 2. The predicted octanol–water partition coefficient (Wildman–Crippen LogP) is 4.19. The van der Waals surface area contributed by atoms with Crippen molar-refractivity contribution in [3.05, 3.63) is 73.4 Å². The Balaban J connectivity index is 1.35. The summed E-state index contributed by atoms with van der Waals surface area (Å²) in [5, 5.41) is 9.16. The van der Waals surface area contributed by atoms with Crippen molar-refractivity contribution >= 4 is 22.4 Å². The zero-order chi connectivity index (χ0) is 22.4. The summed E-state index contributed by atoms with van der Waals surface area (Å²) in [6, 6.07) is 15.2. The van der Waals surface area contributed by atoms with Gasteiger partial charge < -0.3 is 10.2 Å². The Labute approximate surface area is 192 Å². The van der Waals surface area contributed by atoms with Crippen LogP contribution in [-0.4, -0.2) is 49.7 Å². The lowest BCUT2D eigenvalue weighted by Crippen LogP contribution is -2.55. The summed E-state index contributed by atoms with van der Waals surface area (Å²) < 4.78 is 1.84. The Morgan fingerprint density at radius 2 is 1.64 bits per heavy atom.